The van der Waals surface area contributed by atoms with E-state index in [1.807, 2.05) is 0 Å². The Kier molecular flexibility index (Phi) is 28.0. The number of carbonyl (C=O) groups is 2. The van der Waals surface area contributed by atoms with E-state index < -0.39 is 59.4 Å². The summed E-state index contributed by atoms with van der Waals surface area (Å²) in [6.45, 7) is 13.8. The Balaban J connectivity index is -0.000000207. The fourth-order valence-corrected chi connectivity index (χ4v) is 3.54. The van der Waals surface area contributed by atoms with Crippen molar-refractivity contribution in [1.82, 2.24) is 0 Å². The number of carbonyl (C=O) groups excluding carboxylic acids is 2. The molecule has 0 atom stereocenters. The number of benzene rings is 4. The summed E-state index contributed by atoms with van der Waals surface area (Å²) in [5.41, 5.74) is 4.47. The molecule has 0 fully saturated rings. The van der Waals surface area contributed by atoms with E-state index in [1.54, 1.807) is 0 Å². The Morgan fingerprint density at radius 1 is 0.686 bits per heavy atom. The number of hydrogen-bond donors (Lipinski definition) is 0. The molecule has 0 aliphatic rings. The monoisotopic (exact) mass is 1070 g/mol. The number of hydrogen-bond acceptors (Lipinski definition) is 3. The average molecular weight is 1070 g/mol. The van der Waals surface area contributed by atoms with Gasteiger partial charge in [-0.05, 0) is 17.7 Å². The molecule has 296 valence electrons. The first-order valence-corrected chi connectivity index (χ1v) is 22.3. The zero-order valence-electron chi connectivity index (χ0n) is 26.4. The van der Waals surface area contributed by atoms with Gasteiger partial charge in [0.15, 0.2) is 0 Å². The van der Waals surface area contributed by atoms with Crippen molar-refractivity contribution in [2.75, 3.05) is 6.61 Å². The molecule has 0 aliphatic carbocycles. The summed E-state index contributed by atoms with van der Waals surface area (Å²) in [7, 11) is 0. The first-order valence-electron chi connectivity index (χ1n) is 13.1. The van der Waals surface area contributed by atoms with Gasteiger partial charge in [-0.3, -0.25) is 9.50 Å². The minimum Gasteiger partial charge on any atom is 2.00 e. The number of fused-ring (bicyclic) bond motifs is 2. The van der Waals surface area contributed by atoms with Crippen LogP contribution < -0.4 is 9.41 Å². The summed E-state index contributed by atoms with van der Waals surface area (Å²) in [5.74, 6) is -4.33. The minimum absolute atomic E-state index is 0. The van der Waals surface area contributed by atoms with Crippen LogP contribution in [-0.2, 0) is 34.7 Å². The molecule has 0 radical (unpaired) electrons. The van der Waals surface area contributed by atoms with Crippen LogP contribution in [0.2, 0.25) is 0 Å². The van der Waals surface area contributed by atoms with Gasteiger partial charge in [-0.15, -0.1) is 12.1 Å². The van der Waals surface area contributed by atoms with Gasteiger partial charge >= 0.3 is 105 Å². The third kappa shape index (κ3) is 25.2. The second-order valence-electron chi connectivity index (χ2n) is 8.96. The average Bonchev–Trinajstić information content (AvgIpc) is 2.91. The predicted octanol–water partition coefficient (Wildman–Crippen LogP) is 5.03. The van der Waals surface area contributed by atoms with Crippen molar-refractivity contribution in [2.24, 2.45) is 0 Å². The first kappa shape index (κ1) is 57.9. The van der Waals surface area contributed by atoms with E-state index in [9.17, 15) is 48.1 Å². The first-order chi connectivity index (χ1) is 21.3. The van der Waals surface area contributed by atoms with Crippen molar-refractivity contribution in [1.29, 1.82) is 0 Å². The van der Waals surface area contributed by atoms with Crippen molar-refractivity contribution in [2.45, 2.75) is 33.4 Å². The molecule has 4 rings (SSSR count). The molecule has 0 unspecified atom stereocenters. The Morgan fingerprint density at radius 2 is 0.961 bits per heavy atom. The number of ketones is 1. The molecule has 3 nitrogen and oxygen atoms in total. The maximum atomic E-state index is 11.4. The van der Waals surface area contributed by atoms with Crippen molar-refractivity contribution in [3.05, 3.63) is 97.8 Å². The van der Waals surface area contributed by atoms with Crippen LogP contribution in [0.5, 0.6) is 0 Å². The van der Waals surface area contributed by atoms with E-state index in [1.165, 1.54) is 46.0 Å². The number of Topliss-reactive ketones (excluding diaryl/α,β-unsaturated/α-hetero) is 1. The summed E-state index contributed by atoms with van der Waals surface area (Å²) in [5, 5.41) is 4.93. The second-order valence-corrected chi connectivity index (χ2v) is 15.1. The smallest absolute Gasteiger partial charge is 2.00 e. The van der Waals surface area contributed by atoms with E-state index in [2.05, 4.69) is 105 Å². The fraction of sp³-hybridized carbons (Fsp3) is 0.200. The zero-order valence-corrected chi connectivity index (χ0v) is 33.4. The van der Waals surface area contributed by atoms with Crippen LogP contribution in [0.15, 0.2) is 72.8 Å². The number of esters is 1. The summed E-state index contributed by atoms with van der Waals surface area (Å²) in [6, 6.07) is 25.4. The van der Waals surface area contributed by atoms with Crippen LogP contribution in [0.3, 0.4) is 0 Å². The molecule has 0 spiro atoms. The zero-order chi connectivity index (χ0) is 36.8. The van der Waals surface area contributed by atoms with Crippen LogP contribution in [0.4, 0.5) is 43.2 Å². The molecule has 4 aromatic carbocycles. The van der Waals surface area contributed by atoms with Crippen molar-refractivity contribution < 1.29 is 87.4 Å². The standard InChI is InChI=1S/C22H16.C5H5F3O3.C3H8.12FH.Pd.2Sb.H/c1-15-11-13-17-7-3-5-9-19(17)21(15)22-16(2)12-14-18-8-4-6-10-20(18)22;1-2-11-4(10)3(9)5(6,7)8;1-3-2;;;;;;;;;;;;;;;;/h3-14H,1-2H2;2H2,1H3;3H2,1-2H3;12*1H;;;;/q-2;;;;;;;;;;;;;;;+2;+4;+5;/p-11. The van der Waals surface area contributed by atoms with E-state index >= 15 is 0 Å². The molecule has 0 aliphatic heterocycles. The summed E-state index contributed by atoms with van der Waals surface area (Å²) < 4.78 is 127. The van der Waals surface area contributed by atoms with Crippen molar-refractivity contribution in [3.8, 4) is 11.1 Å². The minimum atomic E-state index is -9.19. The van der Waals surface area contributed by atoms with Crippen LogP contribution in [0, 0.1) is 13.8 Å². The molecule has 0 aromatic heterocycles. The normalized spacial score (nSPS) is 11.2. The Bertz CT molecular complexity index is 1520. The third-order valence-electron chi connectivity index (χ3n) is 5.00. The van der Waals surface area contributed by atoms with Gasteiger partial charge in [-0.1, -0.05) is 79.6 Å². The van der Waals surface area contributed by atoms with E-state index in [0.717, 1.165) is 11.1 Å². The van der Waals surface area contributed by atoms with Crippen LogP contribution >= 0.6 is 0 Å². The molecule has 0 saturated heterocycles. The number of rotatable bonds is 3. The number of alkyl halides is 3. The van der Waals surface area contributed by atoms with Gasteiger partial charge in [0, 0.05) is 0 Å². The van der Waals surface area contributed by atoms with Crippen molar-refractivity contribution >= 4 is 74.7 Å². The second kappa shape index (κ2) is 24.7. The molecule has 0 saturated carbocycles. The van der Waals surface area contributed by atoms with Crippen molar-refractivity contribution in [3.63, 3.8) is 0 Å². The molecule has 51 heavy (non-hydrogen) atoms. The van der Waals surface area contributed by atoms with Crippen LogP contribution in [0.25, 0.3) is 32.7 Å². The van der Waals surface area contributed by atoms with Gasteiger partial charge in [0.25, 0.3) is 0 Å². The molecule has 21 heteroatoms. The molecule has 0 N–H and O–H groups in total. The SMILES string of the molecule is CCC.CCOC(=O)C(=O)C(F)(F)F.F.[CH2-]c1ccc2ccccc2c1-c1c([CH2-])ccc2ccccc12.[F-].[F-].[F][SbH]([F])([F])[F].[F][Sb]([F])([F])([F])[F].[Pd+2]. The van der Waals surface area contributed by atoms with Gasteiger partial charge in [-0.2, -0.15) is 61.4 Å². The fourth-order valence-electron chi connectivity index (χ4n) is 3.54. The van der Waals surface area contributed by atoms with Gasteiger partial charge in [0.2, 0.25) is 0 Å². The van der Waals surface area contributed by atoms with E-state index in [0.29, 0.717) is 0 Å². The molecule has 0 bridgehead atoms. The van der Waals surface area contributed by atoms with Crippen LogP contribution in [-0.4, -0.2) is 66.0 Å². The van der Waals surface area contributed by atoms with Crippen LogP contribution in [0.1, 0.15) is 38.3 Å². The molecular formula is C30H31F15O3PdSb2-2. The molecule has 4 aromatic rings. The van der Waals surface area contributed by atoms with E-state index in [-0.39, 0.29) is 41.1 Å². The Morgan fingerprint density at radius 3 is 1.22 bits per heavy atom. The Hall–Kier alpha value is -2.47. The number of ether oxygens (including phenoxy) is 1. The molecular weight excluding hydrogens is 1040 g/mol. The summed E-state index contributed by atoms with van der Waals surface area (Å²) in [6.07, 6.45) is -3.88. The van der Waals surface area contributed by atoms with Gasteiger partial charge in [-0.25, -0.2) is 4.79 Å². The number of halogens is 15. The summed E-state index contributed by atoms with van der Waals surface area (Å²) >= 11 is -16.4. The molecule has 0 heterocycles. The van der Waals surface area contributed by atoms with Gasteiger partial charge in [0.1, 0.15) is 0 Å². The maximum Gasteiger partial charge on any atom is 2.00 e. The predicted molar refractivity (Wildman–Crippen MR) is 165 cm³/mol. The van der Waals surface area contributed by atoms with Gasteiger partial charge < -0.3 is 14.1 Å². The maximum absolute atomic E-state index is 11.4. The quantitative estimate of drug-likeness (QED) is 0.0953. The third-order valence-corrected chi connectivity index (χ3v) is 5.00. The largest absolute Gasteiger partial charge is 2.00 e. The summed E-state index contributed by atoms with van der Waals surface area (Å²) in [4.78, 5) is 20.1. The van der Waals surface area contributed by atoms with E-state index in [4.69, 9.17) is 0 Å². The topological polar surface area (TPSA) is 43.4 Å². The molecule has 0 amide bonds. The Labute approximate surface area is 309 Å². The van der Waals surface area contributed by atoms with Gasteiger partial charge in [0.05, 0.1) is 6.61 Å².